The first-order valence-corrected chi connectivity index (χ1v) is 21.8. The number of ether oxygens (including phenoxy) is 4. The molecule has 1 saturated heterocycles. The Kier molecular flexibility index (Phi) is 32.8. The third-order valence-corrected chi connectivity index (χ3v) is 9.66. The van der Waals surface area contributed by atoms with Gasteiger partial charge in [-0.25, -0.2) is 4.79 Å². The van der Waals surface area contributed by atoms with Crippen LogP contribution in [0.3, 0.4) is 0 Å². The molecular formula is C46H76O11. The van der Waals surface area contributed by atoms with Crippen molar-refractivity contribution in [3.8, 4) is 0 Å². The third kappa shape index (κ3) is 28.1. The summed E-state index contributed by atoms with van der Waals surface area (Å²) in [5.41, 5.74) is 0. The lowest BCUT2D eigenvalue weighted by Crippen LogP contribution is -2.60. The molecule has 6 unspecified atom stereocenters. The Labute approximate surface area is 343 Å². The SMILES string of the molecule is CC/C=C\C/C=C\C/C=C\C/C=C\C/C=C\CC(=O)OCC(COC1OC(C(=O)O)C(O)C(O)C1O)OC(=O)CCCCCCCCCCCCCCCCCC. The van der Waals surface area contributed by atoms with E-state index >= 15 is 0 Å². The van der Waals surface area contributed by atoms with Gasteiger partial charge in [0.05, 0.1) is 13.0 Å². The maximum atomic E-state index is 12.8. The van der Waals surface area contributed by atoms with Crippen molar-refractivity contribution in [2.24, 2.45) is 0 Å². The highest BCUT2D eigenvalue weighted by Gasteiger charge is 2.47. The largest absolute Gasteiger partial charge is 0.479 e. The van der Waals surface area contributed by atoms with E-state index in [9.17, 15) is 34.8 Å². The summed E-state index contributed by atoms with van der Waals surface area (Å²) in [6.07, 6.45) is 34.4. The minimum Gasteiger partial charge on any atom is -0.479 e. The minimum absolute atomic E-state index is 0.00304. The van der Waals surface area contributed by atoms with Crippen molar-refractivity contribution in [3.05, 3.63) is 60.8 Å². The van der Waals surface area contributed by atoms with Crippen molar-refractivity contribution in [3.63, 3.8) is 0 Å². The highest BCUT2D eigenvalue weighted by atomic mass is 16.7. The van der Waals surface area contributed by atoms with Gasteiger partial charge in [0.15, 0.2) is 18.5 Å². The van der Waals surface area contributed by atoms with Crippen LogP contribution in [0.5, 0.6) is 0 Å². The van der Waals surface area contributed by atoms with E-state index in [0.29, 0.717) is 12.8 Å². The summed E-state index contributed by atoms with van der Waals surface area (Å²) in [5.74, 6) is -2.60. The van der Waals surface area contributed by atoms with Gasteiger partial charge in [-0.05, 0) is 38.5 Å². The summed E-state index contributed by atoms with van der Waals surface area (Å²) in [4.78, 5) is 36.7. The van der Waals surface area contributed by atoms with Crippen molar-refractivity contribution in [1.29, 1.82) is 0 Å². The zero-order valence-electron chi connectivity index (χ0n) is 35.1. The highest BCUT2D eigenvalue weighted by molar-refractivity contribution is 5.73. The number of aliphatic hydroxyl groups excluding tert-OH is 3. The summed E-state index contributed by atoms with van der Waals surface area (Å²) in [7, 11) is 0. The van der Waals surface area contributed by atoms with Crippen LogP contribution in [-0.2, 0) is 33.3 Å². The predicted molar refractivity (Wildman–Crippen MR) is 224 cm³/mol. The lowest BCUT2D eigenvalue weighted by Gasteiger charge is -2.38. The van der Waals surface area contributed by atoms with E-state index in [4.69, 9.17) is 18.9 Å². The molecule has 1 heterocycles. The molecule has 0 aromatic carbocycles. The van der Waals surface area contributed by atoms with Gasteiger partial charge < -0.3 is 39.4 Å². The predicted octanol–water partition coefficient (Wildman–Crippen LogP) is 9.14. The van der Waals surface area contributed by atoms with Crippen LogP contribution >= 0.6 is 0 Å². The van der Waals surface area contributed by atoms with Crippen LogP contribution in [0.4, 0.5) is 0 Å². The quantitative estimate of drug-likeness (QED) is 0.0274. The average molecular weight is 805 g/mol. The van der Waals surface area contributed by atoms with Gasteiger partial charge >= 0.3 is 17.9 Å². The number of carbonyl (C=O) groups excluding carboxylic acids is 2. The zero-order valence-corrected chi connectivity index (χ0v) is 35.1. The summed E-state index contributed by atoms with van der Waals surface area (Å²) in [6, 6.07) is 0. The van der Waals surface area contributed by atoms with Crippen LogP contribution < -0.4 is 0 Å². The third-order valence-electron chi connectivity index (χ3n) is 9.66. The van der Waals surface area contributed by atoms with Gasteiger partial charge in [-0.1, -0.05) is 171 Å². The first-order valence-electron chi connectivity index (χ1n) is 21.8. The van der Waals surface area contributed by atoms with Crippen molar-refractivity contribution < 1.29 is 53.8 Å². The number of unbranched alkanes of at least 4 members (excludes halogenated alkanes) is 15. The number of allylic oxidation sites excluding steroid dienone is 9. The monoisotopic (exact) mass is 805 g/mol. The Bertz CT molecular complexity index is 1180. The van der Waals surface area contributed by atoms with Gasteiger partial charge in [-0.2, -0.15) is 0 Å². The fraction of sp³-hybridized carbons (Fsp3) is 0.717. The molecule has 0 aromatic heterocycles. The second-order valence-corrected chi connectivity index (χ2v) is 14.8. The van der Waals surface area contributed by atoms with Crippen molar-refractivity contribution >= 4 is 17.9 Å². The number of aliphatic hydroxyl groups is 3. The topological polar surface area (TPSA) is 169 Å². The van der Waals surface area contributed by atoms with Gasteiger partial charge in [0.25, 0.3) is 0 Å². The smallest absolute Gasteiger partial charge is 0.335 e. The van der Waals surface area contributed by atoms with E-state index < -0.39 is 61.3 Å². The number of aliphatic carboxylic acids is 1. The summed E-state index contributed by atoms with van der Waals surface area (Å²) >= 11 is 0. The minimum atomic E-state index is -1.87. The lowest BCUT2D eigenvalue weighted by molar-refractivity contribution is -0.298. The molecular weight excluding hydrogens is 728 g/mol. The molecule has 11 nitrogen and oxygen atoms in total. The number of carbonyl (C=O) groups is 3. The summed E-state index contributed by atoms with van der Waals surface area (Å²) < 4.78 is 21.6. The molecule has 1 fully saturated rings. The van der Waals surface area contributed by atoms with Crippen molar-refractivity contribution in [2.75, 3.05) is 13.2 Å². The number of carboxylic acid groups (broad SMARTS) is 1. The Morgan fingerprint density at radius 3 is 1.49 bits per heavy atom. The number of carboxylic acids is 1. The summed E-state index contributed by atoms with van der Waals surface area (Å²) in [6.45, 7) is 3.60. The molecule has 0 amide bonds. The molecule has 1 rings (SSSR count). The molecule has 4 N–H and O–H groups in total. The van der Waals surface area contributed by atoms with E-state index in [1.807, 2.05) is 12.2 Å². The van der Waals surface area contributed by atoms with E-state index in [2.05, 4.69) is 56.4 Å². The number of esters is 2. The molecule has 1 aliphatic rings. The summed E-state index contributed by atoms with van der Waals surface area (Å²) in [5, 5.41) is 39.8. The Balaban J connectivity index is 2.44. The Hall–Kier alpha value is -3.09. The van der Waals surface area contributed by atoms with Crippen molar-refractivity contribution in [1.82, 2.24) is 0 Å². The van der Waals surface area contributed by atoms with Crippen LogP contribution in [0.1, 0.15) is 162 Å². The second-order valence-electron chi connectivity index (χ2n) is 14.8. The number of hydrogen-bond acceptors (Lipinski definition) is 10. The zero-order chi connectivity index (χ0) is 41.8. The molecule has 326 valence electrons. The average Bonchev–Trinajstić information content (AvgIpc) is 3.19. The maximum absolute atomic E-state index is 12.8. The molecule has 0 bridgehead atoms. The van der Waals surface area contributed by atoms with E-state index in [1.165, 1.54) is 77.0 Å². The molecule has 0 radical (unpaired) electrons. The van der Waals surface area contributed by atoms with Gasteiger partial charge in [0.2, 0.25) is 0 Å². The molecule has 11 heteroatoms. The van der Waals surface area contributed by atoms with Crippen LogP contribution in [0.25, 0.3) is 0 Å². The van der Waals surface area contributed by atoms with Gasteiger partial charge in [-0.3, -0.25) is 9.59 Å². The fourth-order valence-corrected chi connectivity index (χ4v) is 6.25. The van der Waals surface area contributed by atoms with Gasteiger partial charge in [0, 0.05) is 6.42 Å². The molecule has 57 heavy (non-hydrogen) atoms. The van der Waals surface area contributed by atoms with Crippen LogP contribution in [0, 0.1) is 0 Å². The first kappa shape index (κ1) is 51.9. The fourth-order valence-electron chi connectivity index (χ4n) is 6.25. The molecule has 0 spiro atoms. The van der Waals surface area contributed by atoms with E-state index in [1.54, 1.807) is 6.08 Å². The first-order chi connectivity index (χ1) is 27.7. The standard InChI is InChI=1S/C46H76O11/c1-3-5-7-9-11-13-15-17-19-21-23-25-27-29-31-33-35-40(48)56-38(37-55-46-43(51)41(49)42(50)44(57-46)45(52)53)36-54-39(47)34-32-30-28-26-24-22-20-18-16-14-12-10-8-6-4-2/h6,8,12,14,18,20,24,26,30,32,38,41-44,46,49-51H,3-5,7,9-11,13,15-17,19,21-23,25,27-29,31,33-37H2,1-2H3,(H,52,53)/b8-6-,14-12-,20-18-,26-24-,32-30-. The second kappa shape index (κ2) is 36.0. The Morgan fingerprint density at radius 2 is 1.02 bits per heavy atom. The maximum Gasteiger partial charge on any atom is 0.335 e. The lowest BCUT2D eigenvalue weighted by atomic mass is 9.99. The van der Waals surface area contributed by atoms with E-state index in [0.717, 1.165) is 44.9 Å². The van der Waals surface area contributed by atoms with Gasteiger partial charge in [-0.15, -0.1) is 0 Å². The van der Waals surface area contributed by atoms with Gasteiger partial charge in [0.1, 0.15) is 24.9 Å². The molecule has 0 aromatic rings. The number of rotatable bonds is 35. The van der Waals surface area contributed by atoms with Crippen molar-refractivity contribution in [2.45, 2.75) is 198 Å². The number of hydrogen-bond donors (Lipinski definition) is 4. The van der Waals surface area contributed by atoms with E-state index in [-0.39, 0.29) is 19.4 Å². The van der Waals surface area contributed by atoms with Crippen LogP contribution in [-0.4, -0.2) is 88.4 Å². The molecule has 1 aliphatic heterocycles. The molecule has 6 atom stereocenters. The van der Waals surface area contributed by atoms with Crippen LogP contribution in [0.15, 0.2) is 60.8 Å². The van der Waals surface area contributed by atoms with Crippen LogP contribution in [0.2, 0.25) is 0 Å². The highest BCUT2D eigenvalue weighted by Crippen LogP contribution is 2.23. The molecule has 0 saturated carbocycles. The molecule has 0 aliphatic carbocycles. The Morgan fingerprint density at radius 1 is 0.561 bits per heavy atom. The normalized spacial score (nSPS) is 20.8.